The Bertz CT molecular complexity index is 931. The molecule has 2 aromatic rings. The molecule has 1 aromatic carbocycles. The number of H-pyrrole nitrogens is 1. The number of para-hydroxylation sites is 1. The van der Waals surface area contributed by atoms with E-state index in [-0.39, 0.29) is 25.0 Å². The fourth-order valence-electron chi connectivity index (χ4n) is 2.88. The second kappa shape index (κ2) is 10.6. The molecule has 0 aliphatic rings. The molecule has 3 atom stereocenters. The average Bonchev–Trinajstić information content (AvgIpc) is 3.12. The van der Waals surface area contributed by atoms with E-state index in [1.807, 2.05) is 24.3 Å². The summed E-state index contributed by atoms with van der Waals surface area (Å²) in [4.78, 5) is 49.9. The van der Waals surface area contributed by atoms with Gasteiger partial charge < -0.3 is 31.6 Å². The smallest absolute Gasteiger partial charge is 0.326 e. The van der Waals surface area contributed by atoms with Crippen LogP contribution in [0.2, 0.25) is 0 Å². The van der Waals surface area contributed by atoms with Crippen LogP contribution in [-0.2, 0) is 25.6 Å². The van der Waals surface area contributed by atoms with Gasteiger partial charge in [0.2, 0.25) is 11.8 Å². The van der Waals surface area contributed by atoms with Crippen molar-refractivity contribution in [3.8, 4) is 0 Å². The topological polar surface area (TPSA) is 175 Å². The number of benzene rings is 1. The molecule has 1 aromatic heterocycles. The summed E-state index contributed by atoms with van der Waals surface area (Å²) in [5.41, 5.74) is 7.20. The van der Waals surface area contributed by atoms with E-state index in [0.717, 1.165) is 16.5 Å². The molecular formula is C19H24N4O6S. The highest BCUT2D eigenvalue weighted by Gasteiger charge is 2.28. The molecule has 2 amide bonds. The van der Waals surface area contributed by atoms with E-state index in [1.165, 1.54) is 0 Å². The Hall–Kier alpha value is -3.05. The Morgan fingerprint density at radius 1 is 1.07 bits per heavy atom. The first kappa shape index (κ1) is 23.2. The molecule has 162 valence electrons. The fourth-order valence-corrected chi connectivity index (χ4v) is 3.13. The second-order valence-electron chi connectivity index (χ2n) is 6.75. The maximum absolute atomic E-state index is 12.5. The minimum atomic E-state index is -1.23. The summed E-state index contributed by atoms with van der Waals surface area (Å²) in [6.07, 6.45) is 1.33. The van der Waals surface area contributed by atoms with E-state index >= 15 is 0 Å². The lowest BCUT2D eigenvalue weighted by Crippen LogP contribution is -2.55. The summed E-state index contributed by atoms with van der Waals surface area (Å²) in [6.45, 7) is 0. The van der Waals surface area contributed by atoms with Crippen LogP contribution in [-0.4, -0.2) is 62.8 Å². The number of carboxylic acids is 2. The van der Waals surface area contributed by atoms with E-state index in [9.17, 15) is 24.3 Å². The Morgan fingerprint density at radius 3 is 2.37 bits per heavy atom. The molecule has 0 aliphatic heterocycles. The molecule has 1 heterocycles. The number of nitrogens with one attached hydrogen (secondary N) is 3. The van der Waals surface area contributed by atoms with Gasteiger partial charge in [0.05, 0.1) is 6.04 Å². The predicted molar refractivity (Wildman–Crippen MR) is 112 cm³/mol. The van der Waals surface area contributed by atoms with Crippen molar-refractivity contribution in [2.75, 3.05) is 5.75 Å². The van der Waals surface area contributed by atoms with Crippen molar-refractivity contribution in [2.24, 2.45) is 5.73 Å². The number of aromatic nitrogens is 1. The first-order chi connectivity index (χ1) is 14.2. The van der Waals surface area contributed by atoms with Crippen LogP contribution in [0.1, 0.15) is 18.4 Å². The van der Waals surface area contributed by atoms with Crippen LogP contribution in [0.3, 0.4) is 0 Å². The Morgan fingerprint density at radius 2 is 1.73 bits per heavy atom. The number of carboxylic acid groups (broad SMARTS) is 2. The summed E-state index contributed by atoms with van der Waals surface area (Å²) in [5, 5.41) is 23.8. The zero-order valence-corrected chi connectivity index (χ0v) is 16.9. The number of rotatable bonds is 11. The van der Waals surface area contributed by atoms with E-state index < -0.39 is 41.9 Å². The van der Waals surface area contributed by atoms with Gasteiger partial charge in [0.1, 0.15) is 12.1 Å². The molecule has 11 heteroatoms. The first-order valence-electron chi connectivity index (χ1n) is 9.19. The Kier molecular flexibility index (Phi) is 8.25. The number of hydrogen-bond acceptors (Lipinski definition) is 6. The highest BCUT2D eigenvalue weighted by atomic mass is 32.1. The van der Waals surface area contributed by atoms with E-state index in [2.05, 4.69) is 28.2 Å². The predicted octanol–water partition coefficient (Wildman–Crippen LogP) is -0.113. The zero-order chi connectivity index (χ0) is 22.3. The molecular weight excluding hydrogens is 412 g/mol. The van der Waals surface area contributed by atoms with Gasteiger partial charge in [-0.25, -0.2) is 4.79 Å². The first-order valence-corrected chi connectivity index (χ1v) is 9.83. The molecule has 0 radical (unpaired) electrons. The molecule has 0 fully saturated rings. The molecule has 0 saturated heterocycles. The Balaban J connectivity index is 2.02. The van der Waals surface area contributed by atoms with Crippen molar-refractivity contribution < 1.29 is 29.4 Å². The van der Waals surface area contributed by atoms with Gasteiger partial charge in [-0.3, -0.25) is 14.4 Å². The van der Waals surface area contributed by atoms with E-state index in [4.69, 9.17) is 10.8 Å². The molecule has 30 heavy (non-hydrogen) atoms. The van der Waals surface area contributed by atoms with Crippen LogP contribution in [0.25, 0.3) is 10.9 Å². The standard InChI is InChI=1S/C19H24N4O6S/c20-12(5-6-16(24)25)17(26)23-15(9-30)18(27)22-14(19(28)29)7-10-8-21-13-4-2-1-3-11(10)13/h1-4,8,12,14-15,21,30H,5-7,9,20H2,(H,22,27)(H,23,26)(H,24,25)(H,28,29)/t12-,14-,15-/m0/s1. The number of carbonyl (C=O) groups excluding carboxylic acids is 2. The van der Waals surface area contributed by atoms with Gasteiger partial charge >= 0.3 is 11.9 Å². The molecule has 2 rings (SSSR count). The molecule has 10 nitrogen and oxygen atoms in total. The summed E-state index contributed by atoms with van der Waals surface area (Å²) in [7, 11) is 0. The monoisotopic (exact) mass is 436 g/mol. The lowest BCUT2D eigenvalue weighted by molar-refractivity contribution is -0.142. The number of amides is 2. The molecule has 0 spiro atoms. The molecule has 0 unspecified atom stereocenters. The third kappa shape index (κ3) is 6.22. The van der Waals surface area contributed by atoms with Gasteiger partial charge in [0.15, 0.2) is 0 Å². The fraction of sp³-hybridized carbons (Fsp3) is 0.368. The molecule has 0 saturated carbocycles. The SMILES string of the molecule is N[C@@H](CCC(=O)O)C(=O)N[C@@H](CS)C(=O)N[C@@H](Cc1c[nH]c2ccccc12)C(=O)O. The number of aliphatic carboxylic acids is 2. The number of thiol groups is 1. The van der Waals surface area contributed by atoms with Crippen LogP contribution >= 0.6 is 12.6 Å². The third-order valence-electron chi connectivity index (χ3n) is 4.54. The summed E-state index contributed by atoms with van der Waals surface area (Å²) in [6, 6.07) is 3.91. The minimum absolute atomic E-state index is 0.0381. The summed E-state index contributed by atoms with van der Waals surface area (Å²) >= 11 is 4.03. The number of nitrogens with two attached hydrogens (primary N) is 1. The zero-order valence-electron chi connectivity index (χ0n) is 16.0. The van der Waals surface area contributed by atoms with Crippen molar-refractivity contribution in [3.63, 3.8) is 0 Å². The molecule has 7 N–H and O–H groups in total. The van der Waals surface area contributed by atoms with Crippen LogP contribution in [0.15, 0.2) is 30.5 Å². The van der Waals surface area contributed by atoms with Crippen LogP contribution in [0.5, 0.6) is 0 Å². The number of hydrogen-bond donors (Lipinski definition) is 7. The second-order valence-corrected chi connectivity index (χ2v) is 7.11. The normalized spacial score (nSPS) is 13.9. The number of carbonyl (C=O) groups is 4. The highest BCUT2D eigenvalue weighted by Crippen LogP contribution is 2.19. The van der Waals surface area contributed by atoms with Crippen LogP contribution < -0.4 is 16.4 Å². The van der Waals surface area contributed by atoms with Crippen molar-refractivity contribution in [3.05, 3.63) is 36.0 Å². The van der Waals surface area contributed by atoms with Crippen molar-refractivity contribution in [1.29, 1.82) is 0 Å². The van der Waals surface area contributed by atoms with Gasteiger partial charge in [-0.15, -0.1) is 0 Å². The van der Waals surface area contributed by atoms with Crippen molar-refractivity contribution in [2.45, 2.75) is 37.4 Å². The van der Waals surface area contributed by atoms with Crippen LogP contribution in [0, 0.1) is 0 Å². The van der Waals surface area contributed by atoms with Crippen molar-refractivity contribution in [1.82, 2.24) is 15.6 Å². The average molecular weight is 436 g/mol. The third-order valence-corrected chi connectivity index (χ3v) is 4.90. The highest BCUT2D eigenvalue weighted by molar-refractivity contribution is 7.80. The van der Waals surface area contributed by atoms with Gasteiger partial charge in [0.25, 0.3) is 0 Å². The number of aromatic amines is 1. The van der Waals surface area contributed by atoms with Crippen LogP contribution in [0.4, 0.5) is 0 Å². The van der Waals surface area contributed by atoms with Gasteiger partial charge in [-0.2, -0.15) is 12.6 Å². The maximum atomic E-state index is 12.5. The summed E-state index contributed by atoms with van der Waals surface area (Å²) in [5.74, 6) is -3.85. The van der Waals surface area contributed by atoms with Gasteiger partial charge in [-0.05, 0) is 18.1 Å². The minimum Gasteiger partial charge on any atom is -0.481 e. The molecule has 0 bridgehead atoms. The quantitative estimate of drug-likeness (QED) is 0.240. The lowest BCUT2D eigenvalue weighted by atomic mass is 10.0. The number of fused-ring (bicyclic) bond motifs is 1. The largest absolute Gasteiger partial charge is 0.481 e. The van der Waals surface area contributed by atoms with E-state index in [1.54, 1.807) is 6.20 Å². The molecule has 0 aliphatic carbocycles. The lowest BCUT2D eigenvalue weighted by Gasteiger charge is -2.21. The van der Waals surface area contributed by atoms with Crippen molar-refractivity contribution >= 4 is 47.3 Å². The van der Waals surface area contributed by atoms with E-state index in [0.29, 0.717) is 0 Å². The van der Waals surface area contributed by atoms with Gasteiger partial charge in [-0.1, -0.05) is 18.2 Å². The van der Waals surface area contributed by atoms with Gasteiger partial charge in [0, 0.05) is 35.7 Å². The Labute approximate surface area is 177 Å². The summed E-state index contributed by atoms with van der Waals surface area (Å²) < 4.78 is 0. The maximum Gasteiger partial charge on any atom is 0.326 e.